The van der Waals surface area contributed by atoms with Gasteiger partial charge in [-0.2, -0.15) is 0 Å². The standard InChI is InChI=1S/C10H19N5O/c1-11-15(10-2-4-16-5-3-10)8-12-9-6-13-14-7-9/h6,8,10-11,13-14H,2-5,7H2,1H3. The zero-order chi connectivity index (χ0) is 11.2. The van der Waals surface area contributed by atoms with Gasteiger partial charge in [0.25, 0.3) is 0 Å². The van der Waals surface area contributed by atoms with Crippen molar-refractivity contribution < 1.29 is 4.74 Å². The third kappa shape index (κ3) is 2.94. The minimum atomic E-state index is 0.477. The topological polar surface area (TPSA) is 60.9 Å². The highest BCUT2D eigenvalue weighted by atomic mass is 16.5. The summed E-state index contributed by atoms with van der Waals surface area (Å²) in [6.45, 7) is 2.44. The van der Waals surface area contributed by atoms with Crippen LogP contribution in [0.2, 0.25) is 0 Å². The van der Waals surface area contributed by atoms with Crippen molar-refractivity contribution in [1.82, 2.24) is 21.3 Å². The molecule has 0 amide bonds. The lowest BCUT2D eigenvalue weighted by Crippen LogP contribution is -2.45. The van der Waals surface area contributed by atoms with Gasteiger partial charge in [0, 0.05) is 26.5 Å². The van der Waals surface area contributed by atoms with E-state index in [2.05, 4.69) is 26.3 Å². The van der Waals surface area contributed by atoms with Gasteiger partial charge in [-0.1, -0.05) is 0 Å². The van der Waals surface area contributed by atoms with E-state index < -0.39 is 0 Å². The first-order valence-electron chi connectivity index (χ1n) is 5.65. The van der Waals surface area contributed by atoms with Gasteiger partial charge < -0.3 is 10.2 Å². The first kappa shape index (κ1) is 11.4. The number of aliphatic imine (C=N–C) groups is 1. The van der Waals surface area contributed by atoms with Gasteiger partial charge in [-0.05, 0) is 12.8 Å². The number of rotatable bonds is 4. The minimum absolute atomic E-state index is 0.477. The first-order valence-corrected chi connectivity index (χ1v) is 5.65. The van der Waals surface area contributed by atoms with Crippen LogP contribution in [-0.2, 0) is 4.74 Å². The molecular formula is C10H19N5O. The first-order chi connectivity index (χ1) is 7.90. The number of nitrogens with one attached hydrogen (secondary N) is 3. The van der Waals surface area contributed by atoms with E-state index >= 15 is 0 Å². The summed E-state index contributed by atoms with van der Waals surface area (Å²) in [7, 11) is 1.92. The Morgan fingerprint density at radius 1 is 1.56 bits per heavy atom. The quantitative estimate of drug-likeness (QED) is 0.344. The fourth-order valence-electron chi connectivity index (χ4n) is 1.84. The average Bonchev–Trinajstić information content (AvgIpc) is 2.84. The number of hydrazine groups is 2. The normalized spacial score (nSPS) is 22.2. The molecule has 0 spiro atoms. The Morgan fingerprint density at radius 3 is 3.00 bits per heavy atom. The summed E-state index contributed by atoms with van der Waals surface area (Å²) in [5.41, 5.74) is 10.1. The molecule has 6 nitrogen and oxygen atoms in total. The minimum Gasteiger partial charge on any atom is -0.381 e. The summed E-state index contributed by atoms with van der Waals surface area (Å²) in [6.07, 6.45) is 5.82. The van der Waals surface area contributed by atoms with Crippen LogP contribution in [0.4, 0.5) is 0 Å². The van der Waals surface area contributed by atoms with E-state index in [0.717, 1.165) is 38.3 Å². The molecule has 6 heteroatoms. The molecule has 3 N–H and O–H groups in total. The van der Waals surface area contributed by atoms with Gasteiger partial charge in [-0.3, -0.25) is 5.01 Å². The fourth-order valence-corrected chi connectivity index (χ4v) is 1.84. The smallest absolute Gasteiger partial charge is 0.105 e. The Bertz CT molecular complexity index is 272. The lowest BCUT2D eigenvalue weighted by Gasteiger charge is -2.31. The van der Waals surface area contributed by atoms with Crippen LogP contribution in [0.3, 0.4) is 0 Å². The monoisotopic (exact) mass is 225 g/mol. The Balaban J connectivity index is 1.88. The van der Waals surface area contributed by atoms with Gasteiger partial charge in [0.05, 0.1) is 18.3 Å². The fraction of sp³-hybridized carbons (Fsp3) is 0.700. The van der Waals surface area contributed by atoms with Crippen LogP contribution in [0.25, 0.3) is 0 Å². The van der Waals surface area contributed by atoms with Crippen LogP contribution >= 0.6 is 0 Å². The number of hydrogen-bond donors (Lipinski definition) is 3. The highest BCUT2D eigenvalue weighted by molar-refractivity contribution is 5.56. The van der Waals surface area contributed by atoms with E-state index in [1.807, 2.05) is 19.6 Å². The van der Waals surface area contributed by atoms with E-state index in [1.165, 1.54) is 0 Å². The number of hydrogen-bond acceptors (Lipinski definition) is 5. The number of ether oxygens (including phenoxy) is 1. The molecule has 0 aromatic carbocycles. The SMILES string of the molecule is CNN(C=NC1=CNNC1)C1CCOCC1. The van der Waals surface area contributed by atoms with Crippen molar-refractivity contribution >= 4 is 6.34 Å². The molecule has 16 heavy (non-hydrogen) atoms. The van der Waals surface area contributed by atoms with E-state index in [4.69, 9.17) is 4.74 Å². The van der Waals surface area contributed by atoms with Crippen molar-refractivity contribution in [1.29, 1.82) is 0 Å². The zero-order valence-electron chi connectivity index (χ0n) is 9.57. The molecule has 2 heterocycles. The van der Waals surface area contributed by atoms with E-state index in [9.17, 15) is 0 Å². The van der Waals surface area contributed by atoms with Gasteiger partial charge in [0.15, 0.2) is 0 Å². The lowest BCUT2D eigenvalue weighted by atomic mass is 10.1. The molecule has 0 saturated carbocycles. The molecule has 0 bridgehead atoms. The molecular weight excluding hydrogens is 206 g/mol. The van der Waals surface area contributed by atoms with Crippen LogP contribution in [-0.4, -0.2) is 44.2 Å². The molecule has 0 atom stereocenters. The maximum Gasteiger partial charge on any atom is 0.105 e. The van der Waals surface area contributed by atoms with Crippen molar-refractivity contribution in [2.45, 2.75) is 18.9 Å². The highest BCUT2D eigenvalue weighted by Crippen LogP contribution is 2.11. The molecule has 90 valence electrons. The van der Waals surface area contributed by atoms with Crippen LogP contribution in [0.15, 0.2) is 16.9 Å². The largest absolute Gasteiger partial charge is 0.381 e. The van der Waals surface area contributed by atoms with Gasteiger partial charge in [0.2, 0.25) is 0 Å². The van der Waals surface area contributed by atoms with Crippen molar-refractivity contribution in [3.05, 3.63) is 11.9 Å². The summed E-state index contributed by atoms with van der Waals surface area (Å²) < 4.78 is 5.34. The summed E-state index contributed by atoms with van der Waals surface area (Å²) in [4.78, 5) is 4.40. The Morgan fingerprint density at radius 2 is 2.38 bits per heavy atom. The third-order valence-electron chi connectivity index (χ3n) is 2.80. The maximum absolute atomic E-state index is 5.34. The van der Waals surface area contributed by atoms with E-state index in [0.29, 0.717) is 6.04 Å². The average molecular weight is 225 g/mol. The van der Waals surface area contributed by atoms with Gasteiger partial charge in [0.1, 0.15) is 6.34 Å². The Labute approximate surface area is 95.7 Å². The third-order valence-corrected chi connectivity index (χ3v) is 2.80. The summed E-state index contributed by atoms with van der Waals surface area (Å²) in [5.74, 6) is 0. The highest BCUT2D eigenvalue weighted by Gasteiger charge is 2.18. The molecule has 2 rings (SSSR count). The summed E-state index contributed by atoms with van der Waals surface area (Å²) >= 11 is 0. The molecule has 1 fully saturated rings. The van der Waals surface area contributed by atoms with Crippen molar-refractivity contribution in [2.24, 2.45) is 4.99 Å². The van der Waals surface area contributed by atoms with Crippen LogP contribution < -0.4 is 16.3 Å². The van der Waals surface area contributed by atoms with Gasteiger partial charge in [-0.25, -0.2) is 15.8 Å². The summed E-state index contributed by atoms with van der Waals surface area (Å²) in [5, 5.41) is 2.06. The van der Waals surface area contributed by atoms with Gasteiger partial charge in [-0.15, -0.1) is 0 Å². The van der Waals surface area contributed by atoms with Crippen LogP contribution in [0.5, 0.6) is 0 Å². The Hall–Kier alpha value is -1.11. The second-order valence-corrected chi connectivity index (χ2v) is 3.85. The Kier molecular flexibility index (Phi) is 4.15. The summed E-state index contributed by atoms with van der Waals surface area (Å²) in [6, 6.07) is 0.477. The molecule has 0 aromatic rings. The zero-order valence-corrected chi connectivity index (χ0v) is 9.57. The molecule has 0 radical (unpaired) electrons. The second-order valence-electron chi connectivity index (χ2n) is 3.85. The second kappa shape index (κ2) is 5.83. The number of nitrogens with zero attached hydrogens (tertiary/aromatic N) is 2. The molecule has 0 aromatic heterocycles. The van der Waals surface area contributed by atoms with Crippen LogP contribution in [0.1, 0.15) is 12.8 Å². The van der Waals surface area contributed by atoms with Crippen LogP contribution in [0, 0.1) is 0 Å². The molecule has 2 aliphatic rings. The molecule has 0 unspecified atom stereocenters. The molecule has 1 saturated heterocycles. The lowest BCUT2D eigenvalue weighted by molar-refractivity contribution is 0.0470. The maximum atomic E-state index is 5.34. The van der Waals surface area contributed by atoms with Crippen molar-refractivity contribution in [3.63, 3.8) is 0 Å². The van der Waals surface area contributed by atoms with Crippen molar-refractivity contribution in [3.8, 4) is 0 Å². The predicted molar refractivity (Wildman–Crippen MR) is 62.5 cm³/mol. The van der Waals surface area contributed by atoms with Crippen molar-refractivity contribution in [2.75, 3.05) is 26.8 Å². The molecule has 2 aliphatic heterocycles. The molecule has 0 aliphatic carbocycles. The predicted octanol–water partition coefficient (Wildman–Crippen LogP) is -0.421. The van der Waals surface area contributed by atoms with Gasteiger partial charge >= 0.3 is 0 Å². The van der Waals surface area contributed by atoms with E-state index in [-0.39, 0.29) is 0 Å². The van der Waals surface area contributed by atoms with E-state index in [1.54, 1.807) is 0 Å².